The van der Waals surface area contributed by atoms with Crippen LogP contribution in [0.5, 0.6) is 5.88 Å². The molecule has 0 radical (unpaired) electrons. The maximum absolute atomic E-state index is 5.95. The predicted octanol–water partition coefficient (Wildman–Crippen LogP) is 2.43. The Labute approximate surface area is 109 Å². The lowest BCUT2D eigenvalue weighted by molar-refractivity contribution is 0.0324. The smallest absolute Gasteiger partial charge is 0.232 e. The van der Waals surface area contributed by atoms with Crippen molar-refractivity contribution in [3.05, 3.63) is 18.1 Å². The summed E-state index contributed by atoms with van der Waals surface area (Å²) < 4.78 is 5.95. The molecule has 1 atom stereocenters. The maximum Gasteiger partial charge on any atom is 0.232 e. The number of aryl methyl sites for hydroxylation is 1. The molecule has 0 aliphatic carbocycles. The second-order valence-corrected chi connectivity index (χ2v) is 6.00. The first-order valence-corrected chi connectivity index (χ1v) is 6.65. The van der Waals surface area contributed by atoms with Crippen LogP contribution in [0.25, 0.3) is 0 Å². The van der Waals surface area contributed by atoms with E-state index in [1.807, 2.05) is 6.92 Å². The van der Waals surface area contributed by atoms with Gasteiger partial charge in [0.1, 0.15) is 6.10 Å². The minimum Gasteiger partial charge on any atom is -0.472 e. The number of nitrogens with zero attached hydrogens (tertiary/aromatic N) is 3. The van der Waals surface area contributed by atoms with Crippen molar-refractivity contribution < 1.29 is 4.74 Å². The number of aromatic nitrogens is 2. The Balaban J connectivity index is 1.98. The number of likely N-dealkylation sites (tertiary alicyclic amines) is 1. The number of piperidine rings is 1. The molecule has 2 rings (SSSR count). The lowest BCUT2D eigenvalue weighted by atomic mass is 9.99. The Bertz CT molecular complexity index is 400. The molecule has 0 aromatic carbocycles. The molecular formula is C14H23N3O. The van der Waals surface area contributed by atoms with Crippen LogP contribution in [0.2, 0.25) is 0 Å². The summed E-state index contributed by atoms with van der Waals surface area (Å²) in [5.41, 5.74) is 1.11. The highest BCUT2D eigenvalue weighted by Crippen LogP contribution is 2.22. The summed E-state index contributed by atoms with van der Waals surface area (Å²) in [7, 11) is 0. The highest BCUT2D eigenvalue weighted by Gasteiger charge is 2.28. The zero-order valence-electron chi connectivity index (χ0n) is 11.8. The fourth-order valence-electron chi connectivity index (χ4n) is 2.31. The van der Waals surface area contributed by atoms with E-state index in [0.29, 0.717) is 5.88 Å². The summed E-state index contributed by atoms with van der Waals surface area (Å²) in [6.45, 7) is 10.8. The quantitative estimate of drug-likeness (QED) is 0.807. The molecule has 1 aromatic heterocycles. The van der Waals surface area contributed by atoms with Crippen molar-refractivity contribution in [1.82, 2.24) is 14.9 Å². The molecule has 0 saturated carbocycles. The van der Waals surface area contributed by atoms with Gasteiger partial charge in [-0.2, -0.15) is 0 Å². The molecule has 0 amide bonds. The van der Waals surface area contributed by atoms with E-state index in [1.54, 1.807) is 12.4 Å². The van der Waals surface area contributed by atoms with Crippen LogP contribution >= 0.6 is 0 Å². The fourth-order valence-corrected chi connectivity index (χ4v) is 2.31. The highest BCUT2D eigenvalue weighted by molar-refractivity contribution is 5.07. The fraction of sp³-hybridized carbons (Fsp3) is 0.714. The van der Waals surface area contributed by atoms with Crippen molar-refractivity contribution in [3.63, 3.8) is 0 Å². The van der Waals surface area contributed by atoms with Crippen LogP contribution in [-0.2, 0) is 0 Å². The van der Waals surface area contributed by atoms with Gasteiger partial charge in [0.05, 0.1) is 11.9 Å². The molecule has 0 bridgehead atoms. The Kier molecular flexibility index (Phi) is 3.85. The van der Waals surface area contributed by atoms with Crippen molar-refractivity contribution in [3.8, 4) is 5.88 Å². The SMILES string of the molecule is Cc1cncc(OC2CCCN(C(C)(C)C)C2)n1. The van der Waals surface area contributed by atoms with Gasteiger partial charge in [-0.15, -0.1) is 0 Å². The van der Waals surface area contributed by atoms with Gasteiger partial charge in [-0.1, -0.05) is 0 Å². The van der Waals surface area contributed by atoms with E-state index in [-0.39, 0.29) is 11.6 Å². The van der Waals surface area contributed by atoms with Gasteiger partial charge >= 0.3 is 0 Å². The summed E-state index contributed by atoms with van der Waals surface area (Å²) in [5.74, 6) is 0.649. The highest BCUT2D eigenvalue weighted by atomic mass is 16.5. The molecule has 2 heterocycles. The number of ether oxygens (including phenoxy) is 1. The van der Waals surface area contributed by atoms with Gasteiger partial charge < -0.3 is 4.74 Å². The molecule has 4 nitrogen and oxygen atoms in total. The van der Waals surface area contributed by atoms with Crippen LogP contribution in [0.3, 0.4) is 0 Å². The zero-order chi connectivity index (χ0) is 13.2. The van der Waals surface area contributed by atoms with Crippen LogP contribution < -0.4 is 4.74 Å². The van der Waals surface area contributed by atoms with Gasteiger partial charge in [-0.3, -0.25) is 9.88 Å². The number of hydrogen-bond donors (Lipinski definition) is 0. The third-order valence-electron chi connectivity index (χ3n) is 3.35. The average molecular weight is 249 g/mol. The molecule has 100 valence electrons. The molecule has 1 saturated heterocycles. The molecule has 1 aliphatic heterocycles. The lowest BCUT2D eigenvalue weighted by Crippen LogP contribution is -2.50. The van der Waals surface area contributed by atoms with Crippen LogP contribution in [0, 0.1) is 6.92 Å². The summed E-state index contributed by atoms with van der Waals surface area (Å²) in [4.78, 5) is 10.9. The Morgan fingerprint density at radius 3 is 2.78 bits per heavy atom. The van der Waals surface area contributed by atoms with Gasteiger partial charge in [0.2, 0.25) is 5.88 Å². The van der Waals surface area contributed by atoms with Crippen molar-refractivity contribution in [2.45, 2.75) is 52.2 Å². The van der Waals surface area contributed by atoms with Crippen molar-refractivity contribution in [1.29, 1.82) is 0 Å². The summed E-state index contributed by atoms with van der Waals surface area (Å²) >= 11 is 0. The van der Waals surface area contributed by atoms with Gasteiger partial charge in [0.15, 0.2) is 0 Å². The van der Waals surface area contributed by atoms with Crippen LogP contribution in [0.4, 0.5) is 0 Å². The summed E-state index contributed by atoms with van der Waals surface area (Å²) in [6, 6.07) is 0. The minimum atomic E-state index is 0.209. The zero-order valence-corrected chi connectivity index (χ0v) is 11.8. The van der Waals surface area contributed by atoms with Crippen molar-refractivity contribution in [2.75, 3.05) is 13.1 Å². The van der Waals surface area contributed by atoms with E-state index in [0.717, 1.165) is 25.2 Å². The molecule has 1 fully saturated rings. The maximum atomic E-state index is 5.95. The van der Waals surface area contributed by atoms with E-state index in [4.69, 9.17) is 4.74 Å². The van der Waals surface area contributed by atoms with Crippen LogP contribution in [0.1, 0.15) is 39.3 Å². The molecule has 0 N–H and O–H groups in total. The number of rotatable bonds is 2. The Morgan fingerprint density at radius 1 is 1.33 bits per heavy atom. The molecule has 1 aliphatic rings. The Hall–Kier alpha value is -1.16. The van der Waals surface area contributed by atoms with Gasteiger partial charge in [-0.25, -0.2) is 4.98 Å². The molecular weight excluding hydrogens is 226 g/mol. The largest absolute Gasteiger partial charge is 0.472 e. The number of hydrogen-bond acceptors (Lipinski definition) is 4. The molecule has 0 spiro atoms. The molecule has 1 aromatic rings. The average Bonchev–Trinajstić information content (AvgIpc) is 2.28. The van der Waals surface area contributed by atoms with E-state index >= 15 is 0 Å². The third-order valence-corrected chi connectivity index (χ3v) is 3.35. The topological polar surface area (TPSA) is 38.2 Å². The van der Waals surface area contributed by atoms with Crippen LogP contribution in [-0.4, -0.2) is 39.6 Å². The second-order valence-electron chi connectivity index (χ2n) is 6.00. The second kappa shape index (κ2) is 5.22. The summed E-state index contributed by atoms with van der Waals surface area (Å²) in [5, 5.41) is 0. The van der Waals surface area contributed by atoms with Crippen LogP contribution in [0.15, 0.2) is 12.4 Å². The van der Waals surface area contributed by atoms with Crippen molar-refractivity contribution >= 4 is 0 Å². The van der Waals surface area contributed by atoms with Crippen molar-refractivity contribution in [2.24, 2.45) is 0 Å². The van der Waals surface area contributed by atoms with E-state index in [1.165, 1.54) is 6.42 Å². The van der Waals surface area contributed by atoms with E-state index < -0.39 is 0 Å². The first kappa shape index (κ1) is 13.3. The van der Waals surface area contributed by atoms with Gasteiger partial charge in [0.25, 0.3) is 0 Å². The lowest BCUT2D eigenvalue weighted by Gasteiger charge is -2.41. The molecule has 18 heavy (non-hydrogen) atoms. The molecule has 1 unspecified atom stereocenters. The summed E-state index contributed by atoms with van der Waals surface area (Å²) in [6.07, 6.45) is 5.95. The first-order valence-electron chi connectivity index (χ1n) is 6.65. The van der Waals surface area contributed by atoms with Gasteiger partial charge in [-0.05, 0) is 47.1 Å². The standard InChI is InChI=1S/C14H23N3O/c1-11-8-15-9-13(16-11)18-12-6-5-7-17(10-12)14(2,3)4/h8-9,12H,5-7,10H2,1-4H3. The minimum absolute atomic E-state index is 0.209. The Morgan fingerprint density at radius 2 is 2.11 bits per heavy atom. The third kappa shape index (κ3) is 3.42. The normalized spacial score (nSPS) is 21.9. The monoisotopic (exact) mass is 249 g/mol. The van der Waals surface area contributed by atoms with E-state index in [9.17, 15) is 0 Å². The van der Waals surface area contributed by atoms with E-state index in [2.05, 4.69) is 35.6 Å². The molecule has 4 heteroatoms. The van der Waals surface area contributed by atoms with Gasteiger partial charge in [0, 0.05) is 18.3 Å². The first-order chi connectivity index (χ1) is 8.45. The predicted molar refractivity (Wildman–Crippen MR) is 71.7 cm³/mol.